The third kappa shape index (κ3) is 2.78. The van der Waals surface area contributed by atoms with Crippen molar-refractivity contribution in [1.82, 2.24) is 14.5 Å². The Morgan fingerprint density at radius 2 is 2.33 bits per heavy atom. The number of halogens is 2. The van der Waals surface area contributed by atoms with E-state index in [1.165, 1.54) is 17.9 Å². The lowest BCUT2D eigenvalue weighted by atomic mass is 10.0. The fraction of sp³-hybridized carbons (Fsp3) is 0.385. The van der Waals surface area contributed by atoms with Crippen LogP contribution in [0.25, 0.3) is 11.0 Å². The molecule has 6 nitrogen and oxygen atoms in total. The molecule has 0 saturated heterocycles. The Bertz CT molecular complexity index is 706. The average molecular weight is 313 g/mol. The van der Waals surface area contributed by atoms with Gasteiger partial charge in [-0.05, 0) is 11.6 Å². The molecule has 1 atom stereocenters. The summed E-state index contributed by atoms with van der Waals surface area (Å²) in [5, 5.41) is 9.37. The largest absolute Gasteiger partial charge is 0.392 e. The molecule has 112 valence electrons. The summed E-state index contributed by atoms with van der Waals surface area (Å²) in [5.41, 5.74) is 4.78. The predicted molar refractivity (Wildman–Crippen MR) is 77.2 cm³/mol. The molecule has 0 amide bonds. The van der Waals surface area contributed by atoms with Crippen molar-refractivity contribution in [1.29, 1.82) is 0 Å². The molecular weight excluding hydrogens is 299 g/mol. The van der Waals surface area contributed by atoms with Crippen LogP contribution in [0.3, 0.4) is 0 Å². The number of anilines is 1. The van der Waals surface area contributed by atoms with Gasteiger partial charge in [0.05, 0.1) is 12.0 Å². The van der Waals surface area contributed by atoms with Gasteiger partial charge in [0.25, 0.3) is 0 Å². The SMILES string of the molecule is C#CC(CO)(CCn1cc(F)c2c(N)nc(Cl)nc21)OC. The molecule has 0 aliphatic heterocycles. The van der Waals surface area contributed by atoms with Gasteiger partial charge in [-0.1, -0.05) is 5.92 Å². The van der Waals surface area contributed by atoms with Gasteiger partial charge in [0.15, 0.2) is 11.4 Å². The monoisotopic (exact) mass is 312 g/mol. The number of methoxy groups -OCH3 is 1. The van der Waals surface area contributed by atoms with E-state index in [1.54, 1.807) is 0 Å². The quantitative estimate of drug-likeness (QED) is 0.640. The zero-order chi connectivity index (χ0) is 15.6. The first-order valence-corrected chi connectivity index (χ1v) is 6.45. The number of nitrogen functional groups attached to an aromatic ring is 1. The third-order valence-corrected chi connectivity index (χ3v) is 3.51. The fourth-order valence-corrected chi connectivity index (χ4v) is 2.20. The molecule has 0 aromatic carbocycles. The molecule has 0 aliphatic carbocycles. The number of rotatable bonds is 5. The lowest BCUT2D eigenvalue weighted by molar-refractivity contribution is -0.0147. The molecule has 2 aromatic heterocycles. The minimum Gasteiger partial charge on any atom is -0.392 e. The number of aryl methyl sites for hydroxylation is 1. The normalized spacial score (nSPS) is 14.0. The molecule has 2 aromatic rings. The lowest BCUT2D eigenvalue weighted by Crippen LogP contribution is -2.35. The second kappa shape index (κ2) is 5.85. The number of fused-ring (bicyclic) bond motifs is 1. The van der Waals surface area contributed by atoms with Gasteiger partial charge in [-0.25, -0.2) is 9.37 Å². The predicted octanol–water partition coefficient (Wildman–Crippen LogP) is 1.21. The molecule has 0 spiro atoms. The molecule has 1 unspecified atom stereocenters. The van der Waals surface area contributed by atoms with E-state index in [9.17, 15) is 9.50 Å². The van der Waals surface area contributed by atoms with E-state index in [4.69, 9.17) is 28.5 Å². The van der Waals surface area contributed by atoms with Crippen molar-refractivity contribution in [2.75, 3.05) is 19.5 Å². The van der Waals surface area contributed by atoms with Gasteiger partial charge in [0.2, 0.25) is 5.28 Å². The summed E-state index contributed by atoms with van der Waals surface area (Å²) in [6.45, 7) is -0.0780. The van der Waals surface area contributed by atoms with Crippen LogP contribution >= 0.6 is 11.6 Å². The second-order valence-corrected chi connectivity index (χ2v) is 4.84. The maximum atomic E-state index is 13.9. The molecular formula is C13H14ClFN4O2. The van der Waals surface area contributed by atoms with E-state index in [0.29, 0.717) is 0 Å². The highest BCUT2D eigenvalue weighted by atomic mass is 35.5. The fourth-order valence-electron chi connectivity index (χ4n) is 2.03. The van der Waals surface area contributed by atoms with Gasteiger partial charge >= 0.3 is 0 Å². The Morgan fingerprint density at radius 3 is 2.90 bits per heavy atom. The van der Waals surface area contributed by atoms with Gasteiger partial charge < -0.3 is 20.1 Å². The van der Waals surface area contributed by atoms with Gasteiger partial charge in [-0.15, -0.1) is 6.42 Å². The van der Waals surface area contributed by atoms with E-state index in [1.807, 2.05) is 0 Å². The summed E-state index contributed by atoms with van der Waals surface area (Å²) >= 11 is 5.74. The van der Waals surface area contributed by atoms with Crippen molar-refractivity contribution in [2.24, 2.45) is 0 Å². The van der Waals surface area contributed by atoms with Gasteiger partial charge in [0, 0.05) is 26.3 Å². The number of ether oxygens (including phenoxy) is 1. The highest BCUT2D eigenvalue weighted by Gasteiger charge is 2.27. The number of aliphatic hydroxyl groups excluding tert-OH is 1. The highest BCUT2D eigenvalue weighted by Crippen LogP contribution is 2.26. The highest BCUT2D eigenvalue weighted by molar-refractivity contribution is 6.28. The zero-order valence-electron chi connectivity index (χ0n) is 11.3. The van der Waals surface area contributed by atoms with Gasteiger partial charge in [-0.2, -0.15) is 4.98 Å². The Hall–Kier alpha value is -1.88. The molecule has 8 heteroatoms. The molecule has 0 aliphatic rings. The number of nitrogens with two attached hydrogens (primary N) is 1. The van der Waals surface area contributed by atoms with Crippen LogP contribution in [0.2, 0.25) is 5.28 Å². The first-order chi connectivity index (χ1) is 9.96. The van der Waals surface area contributed by atoms with E-state index in [2.05, 4.69) is 15.9 Å². The number of hydrogen-bond acceptors (Lipinski definition) is 5. The Labute approximate surface area is 125 Å². The number of hydrogen-bond donors (Lipinski definition) is 2. The number of nitrogens with zero attached hydrogens (tertiary/aromatic N) is 3. The second-order valence-electron chi connectivity index (χ2n) is 4.50. The first-order valence-electron chi connectivity index (χ1n) is 6.07. The maximum absolute atomic E-state index is 13.9. The van der Waals surface area contributed by atoms with Crippen LogP contribution in [0.4, 0.5) is 10.2 Å². The van der Waals surface area contributed by atoms with Crippen molar-refractivity contribution in [3.8, 4) is 12.3 Å². The Kier molecular flexibility index (Phi) is 4.32. The smallest absolute Gasteiger partial charge is 0.226 e. The van der Waals surface area contributed by atoms with Gasteiger partial charge in [-0.3, -0.25) is 0 Å². The van der Waals surface area contributed by atoms with Crippen molar-refractivity contribution in [3.05, 3.63) is 17.3 Å². The minimum absolute atomic E-state index is 0.0293. The minimum atomic E-state index is -1.13. The number of aromatic nitrogens is 3. The molecule has 2 rings (SSSR count). The van der Waals surface area contributed by atoms with E-state index in [0.717, 1.165) is 0 Å². The molecule has 2 heterocycles. The topological polar surface area (TPSA) is 86.2 Å². The summed E-state index contributed by atoms with van der Waals surface area (Å²) < 4.78 is 20.6. The molecule has 0 fully saturated rings. The molecule has 21 heavy (non-hydrogen) atoms. The van der Waals surface area contributed by atoms with Crippen molar-refractivity contribution in [3.63, 3.8) is 0 Å². The van der Waals surface area contributed by atoms with Crippen LogP contribution in [0, 0.1) is 18.2 Å². The summed E-state index contributed by atoms with van der Waals surface area (Å²) in [6, 6.07) is 0. The Morgan fingerprint density at radius 1 is 1.62 bits per heavy atom. The third-order valence-electron chi connectivity index (χ3n) is 3.34. The zero-order valence-corrected chi connectivity index (χ0v) is 12.1. The van der Waals surface area contributed by atoms with Crippen molar-refractivity contribution >= 4 is 28.5 Å². The molecule has 0 bridgehead atoms. The van der Waals surface area contributed by atoms with Crippen LogP contribution in [-0.2, 0) is 11.3 Å². The van der Waals surface area contributed by atoms with Crippen LogP contribution in [-0.4, -0.2) is 39.0 Å². The van der Waals surface area contributed by atoms with Gasteiger partial charge in [0.1, 0.15) is 11.5 Å². The summed E-state index contributed by atoms with van der Waals surface area (Å²) in [6.07, 6.45) is 6.88. The summed E-state index contributed by atoms with van der Waals surface area (Å²) in [5.74, 6) is 1.82. The van der Waals surface area contributed by atoms with Crippen LogP contribution in [0.1, 0.15) is 6.42 Å². The summed E-state index contributed by atoms with van der Waals surface area (Å²) in [4.78, 5) is 7.69. The Balaban J connectivity index is 2.38. The molecule has 0 saturated carbocycles. The van der Waals surface area contributed by atoms with Crippen LogP contribution in [0.15, 0.2) is 6.20 Å². The van der Waals surface area contributed by atoms with Crippen LogP contribution in [0.5, 0.6) is 0 Å². The van der Waals surface area contributed by atoms with E-state index < -0.39 is 11.4 Å². The van der Waals surface area contributed by atoms with Crippen molar-refractivity contribution < 1.29 is 14.2 Å². The average Bonchev–Trinajstić information content (AvgIpc) is 2.77. The van der Waals surface area contributed by atoms with Crippen LogP contribution < -0.4 is 5.73 Å². The first kappa shape index (κ1) is 15.5. The maximum Gasteiger partial charge on any atom is 0.226 e. The number of aliphatic hydroxyl groups is 1. The standard InChI is InChI=1S/C13H14ClFN4O2/c1-3-13(7-20,21-2)4-5-19-6-8(15)9-10(16)17-12(14)18-11(9)19/h1,6,20H,4-5,7H2,2H3,(H2,16,17,18). The van der Waals surface area contributed by atoms with E-state index >= 15 is 0 Å². The molecule has 0 radical (unpaired) electrons. The lowest BCUT2D eigenvalue weighted by Gasteiger charge is -2.24. The number of terminal acetylenes is 1. The summed E-state index contributed by atoms with van der Waals surface area (Å²) in [7, 11) is 1.40. The van der Waals surface area contributed by atoms with E-state index in [-0.39, 0.29) is 41.7 Å². The van der Waals surface area contributed by atoms with Crippen molar-refractivity contribution in [2.45, 2.75) is 18.6 Å². The molecule has 3 N–H and O–H groups in total.